The Bertz CT molecular complexity index is 647. The number of phenols is 2. The molecule has 1 fully saturated rings. The number of phenolic OH excluding ortho intramolecular Hbond substituents is 2. The lowest BCUT2D eigenvalue weighted by Crippen LogP contribution is -2.49. The zero-order valence-electron chi connectivity index (χ0n) is 15.9. The second-order valence-corrected chi connectivity index (χ2v) is 9.05. The highest BCUT2D eigenvalue weighted by Crippen LogP contribution is 2.62. The quantitative estimate of drug-likeness (QED) is 0.713. The van der Waals surface area contributed by atoms with Crippen LogP contribution in [0.2, 0.25) is 0 Å². The fourth-order valence-corrected chi connectivity index (χ4v) is 5.56. The molecule has 134 valence electrons. The van der Waals surface area contributed by atoms with Crippen LogP contribution in [0.3, 0.4) is 0 Å². The van der Waals surface area contributed by atoms with Gasteiger partial charge in [0.2, 0.25) is 0 Å². The van der Waals surface area contributed by atoms with Crippen LogP contribution >= 0.6 is 0 Å². The fourth-order valence-electron chi connectivity index (χ4n) is 5.56. The maximum Gasteiger partial charge on any atom is 0.161 e. The molecule has 24 heavy (non-hydrogen) atoms. The van der Waals surface area contributed by atoms with Gasteiger partial charge in [-0.05, 0) is 48.1 Å². The Hall–Kier alpha value is -1.22. The van der Waals surface area contributed by atoms with E-state index in [0.29, 0.717) is 5.92 Å². The lowest BCUT2D eigenvalue weighted by molar-refractivity contribution is -0.0238. The highest BCUT2D eigenvalue weighted by molar-refractivity contribution is 5.59. The minimum Gasteiger partial charge on any atom is -0.504 e. The summed E-state index contributed by atoms with van der Waals surface area (Å²) in [6.07, 6.45) is 4.38. The summed E-state index contributed by atoms with van der Waals surface area (Å²) in [5, 5.41) is 21.6. The lowest BCUT2D eigenvalue weighted by Gasteiger charge is -2.55. The van der Waals surface area contributed by atoms with Crippen molar-refractivity contribution >= 4 is 0 Å². The summed E-state index contributed by atoms with van der Waals surface area (Å²) >= 11 is 0. The molecule has 2 aliphatic rings. The Morgan fingerprint density at radius 3 is 2.38 bits per heavy atom. The van der Waals surface area contributed by atoms with Gasteiger partial charge in [0.25, 0.3) is 0 Å². The Morgan fingerprint density at radius 1 is 1.12 bits per heavy atom. The Morgan fingerprint density at radius 2 is 1.79 bits per heavy atom. The van der Waals surface area contributed by atoms with Crippen molar-refractivity contribution < 1.29 is 14.9 Å². The van der Waals surface area contributed by atoms with Gasteiger partial charge >= 0.3 is 0 Å². The van der Waals surface area contributed by atoms with Crippen molar-refractivity contribution in [3.8, 4) is 11.5 Å². The Kier molecular flexibility index (Phi) is 4.15. The minimum atomic E-state index is -0.108. The Balaban J connectivity index is 2.28. The standard InChI is InChI=1S/C21H32O3/c1-12(2)13-10-14-15(24-6)11-16-20(3,4)8-7-9-21(16,5)17(14)19(23)18(13)22/h10,12,15-16,22-23H,7-9,11H2,1-6H3. The molecule has 2 aliphatic carbocycles. The monoisotopic (exact) mass is 332 g/mol. The smallest absolute Gasteiger partial charge is 0.161 e. The molecular weight excluding hydrogens is 300 g/mol. The topological polar surface area (TPSA) is 49.7 Å². The third kappa shape index (κ3) is 2.35. The van der Waals surface area contributed by atoms with Crippen LogP contribution in [0.25, 0.3) is 0 Å². The van der Waals surface area contributed by atoms with Crippen molar-refractivity contribution in [2.75, 3.05) is 7.11 Å². The molecule has 2 N–H and O–H groups in total. The van der Waals surface area contributed by atoms with Crippen LogP contribution in [0.5, 0.6) is 11.5 Å². The van der Waals surface area contributed by atoms with E-state index < -0.39 is 0 Å². The van der Waals surface area contributed by atoms with Gasteiger partial charge in [0, 0.05) is 23.7 Å². The van der Waals surface area contributed by atoms with E-state index in [1.807, 2.05) is 13.8 Å². The molecule has 0 bridgehead atoms. The molecule has 0 aliphatic heterocycles. The third-order valence-corrected chi connectivity index (χ3v) is 6.84. The summed E-state index contributed by atoms with van der Waals surface area (Å²) in [5.74, 6) is 0.741. The number of hydrogen-bond donors (Lipinski definition) is 2. The molecule has 0 amide bonds. The SMILES string of the molecule is COC1CC2C(C)(C)CCCC2(C)c2c1cc(C(C)C)c(O)c2O. The lowest BCUT2D eigenvalue weighted by atomic mass is 9.49. The molecule has 3 rings (SSSR count). The molecule has 0 heterocycles. The predicted molar refractivity (Wildman–Crippen MR) is 96.7 cm³/mol. The van der Waals surface area contributed by atoms with Crippen LogP contribution in [-0.4, -0.2) is 17.3 Å². The van der Waals surface area contributed by atoms with Crippen LogP contribution in [0, 0.1) is 11.3 Å². The molecule has 0 aromatic heterocycles. The molecule has 1 aromatic carbocycles. The van der Waals surface area contributed by atoms with E-state index in [2.05, 4.69) is 26.8 Å². The molecule has 3 unspecified atom stereocenters. The minimum absolute atomic E-state index is 0.0144. The second-order valence-electron chi connectivity index (χ2n) is 9.05. The summed E-state index contributed by atoms with van der Waals surface area (Å²) < 4.78 is 5.84. The predicted octanol–water partition coefficient (Wildman–Crippen LogP) is 5.40. The molecule has 0 saturated heterocycles. The number of methoxy groups -OCH3 is 1. The first-order valence-electron chi connectivity index (χ1n) is 9.25. The number of hydrogen-bond acceptors (Lipinski definition) is 3. The van der Waals surface area contributed by atoms with E-state index >= 15 is 0 Å². The van der Waals surface area contributed by atoms with Gasteiger partial charge in [0.15, 0.2) is 11.5 Å². The van der Waals surface area contributed by atoms with Gasteiger partial charge in [0.1, 0.15) is 0 Å². The molecule has 0 radical (unpaired) electrons. The van der Waals surface area contributed by atoms with Gasteiger partial charge in [-0.15, -0.1) is 0 Å². The van der Waals surface area contributed by atoms with Crippen LogP contribution in [-0.2, 0) is 10.2 Å². The first-order chi connectivity index (χ1) is 11.1. The molecular formula is C21H32O3. The molecule has 0 spiro atoms. The normalized spacial score (nSPS) is 31.6. The number of aromatic hydroxyl groups is 2. The first kappa shape index (κ1) is 17.6. The summed E-state index contributed by atoms with van der Waals surface area (Å²) in [5.41, 5.74) is 2.92. The summed E-state index contributed by atoms with van der Waals surface area (Å²) in [6.45, 7) is 11.0. The van der Waals surface area contributed by atoms with Crippen LogP contribution in [0.4, 0.5) is 0 Å². The molecule has 1 saturated carbocycles. The summed E-state index contributed by atoms with van der Waals surface area (Å²) in [7, 11) is 1.76. The average Bonchev–Trinajstić information content (AvgIpc) is 2.49. The van der Waals surface area contributed by atoms with E-state index in [1.54, 1.807) is 7.11 Å². The van der Waals surface area contributed by atoms with Crippen LogP contribution in [0.15, 0.2) is 6.07 Å². The second kappa shape index (κ2) is 5.66. The first-order valence-corrected chi connectivity index (χ1v) is 9.25. The summed E-state index contributed by atoms with van der Waals surface area (Å²) in [4.78, 5) is 0. The number of benzene rings is 1. The summed E-state index contributed by atoms with van der Waals surface area (Å²) in [6, 6.07) is 2.08. The average molecular weight is 332 g/mol. The maximum absolute atomic E-state index is 11.0. The maximum atomic E-state index is 11.0. The van der Waals surface area contributed by atoms with Crippen molar-refractivity contribution in [2.24, 2.45) is 11.3 Å². The van der Waals surface area contributed by atoms with E-state index in [1.165, 1.54) is 6.42 Å². The van der Waals surface area contributed by atoms with Crippen molar-refractivity contribution in [1.82, 2.24) is 0 Å². The van der Waals surface area contributed by atoms with Crippen LogP contribution in [0.1, 0.15) is 89.0 Å². The fraction of sp³-hybridized carbons (Fsp3) is 0.714. The zero-order valence-corrected chi connectivity index (χ0v) is 15.9. The van der Waals surface area contributed by atoms with Crippen molar-refractivity contribution in [2.45, 2.75) is 77.7 Å². The molecule has 3 heteroatoms. The zero-order chi connectivity index (χ0) is 17.9. The van der Waals surface area contributed by atoms with E-state index in [4.69, 9.17) is 4.74 Å². The third-order valence-electron chi connectivity index (χ3n) is 6.84. The van der Waals surface area contributed by atoms with Crippen molar-refractivity contribution in [3.63, 3.8) is 0 Å². The van der Waals surface area contributed by atoms with Gasteiger partial charge in [-0.1, -0.05) is 41.0 Å². The molecule has 1 aromatic rings. The van der Waals surface area contributed by atoms with E-state index in [9.17, 15) is 10.2 Å². The van der Waals surface area contributed by atoms with Gasteiger partial charge < -0.3 is 14.9 Å². The van der Waals surface area contributed by atoms with E-state index in [-0.39, 0.29) is 34.4 Å². The van der Waals surface area contributed by atoms with Gasteiger partial charge in [0.05, 0.1) is 6.10 Å². The van der Waals surface area contributed by atoms with Gasteiger partial charge in [-0.3, -0.25) is 0 Å². The largest absolute Gasteiger partial charge is 0.504 e. The van der Waals surface area contributed by atoms with E-state index in [0.717, 1.165) is 36.0 Å². The van der Waals surface area contributed by atoms with Crippen LogP contribution < -0.4 is 0 Å². The van der Waals surface area contributed by atoms with Gasteiger partial charge in [-0.2, -0.15) is 0 Å². The molecule has 3 atom stereocenters. The van der Waals surface area contributed by atoms with Crippen molar-refractivity contribution in [1.29, 1.82) is 0 Å². The van der Waals surface area contributed by atoms with Gasteiger partial charge in [-0.25, -0.2) is 0 Å². The Labute approximate surface area is 146 Å². The number of ether oxygens (including phenoxy) is 1. The highest BCUT2D eigenvalue weighted by atomic mass is 16.5. The van der Waals surface area contributed by atoms with Crippen molar-refractivity contribution in [3.05, 3.63) is 22.8 Å². The number of rotatable bonds is 2. The highest BCUT2D eigenvalue weighted by Gasteiger charge is 2.53. The molecule has 3 nitrogen and oxygen atoms in total. The number of fused-ring (bicyclic) bond motifs is 3.